The third kappa shape index (κ3) is 2.87. The highest BCUT2D eigenvalue weighted by Crippen LogP contribution is 2.51. The van der Waals surface area contributed by atoms with Crippen LogP contribution in [0.2, 0.25) is 0 Å². The minimum atomic E-state index is 0.127. The molecule has 1 aliphatic carbocycles. The molecule has 2 aliphatic rings. The number of rotatable bonds is 5. The maximum atomic E-state index is 6.16. The van der Waals surface area contributed by atoms with Crippen molar-refractivity contribution in [3.63, 3.8) is 0 Å². The summed E-state index contributed by atoms with van der Waals surface area (Å²) in [5.74, 6) is 1.60. The predicted molar refractivity (Wildman–Crippen MR) is 82.0 cm³/mol. The molecule has 1 aromatic rings. The van der Waals surface area contributed by atoms with E-state index in [0.29, 0.717) is 6.61 Å². The van der Waals surface area contributed by atoms with Crippen LogP contribution < -0.4 is 15.2 Å². The fourth-order valence-electron chi connectivity index (χ4n) is 3.20. The van der Waals surface area contributed by atoms with E-state index in [9.17, 15) is 0 Å². The Balaban J connectivity index is 1.79. The third-order valence-electron chi connectivity index (χ3n) is 4.81. The molecule has 2 unspecified atom stereocenters. The average molecular weight is 291 g/mol. The summed E-state index contributed by atoms with van der Waals surface area (Å²) in [7, 11) is 1.69. The number of benzene rings is 1. The molecule has 116 valence electrons. The molecule has 2 fully saturated rings. The standard InChI is InChI=1S/C17H25NO3/c1-12(18)17(7-8-17)13-5-6-15(16(10-13)19-2)21-14-4-3-9-20-11-14/h5-6,10,12,14H,3-4,7-9,11,18H2,1-2H3. The molecule has 0 spiro atoms. The lowest BCUT2D eigenvalue weighted by molar-refractivity contribution is 0.00643. The molecule has 4 nitrogen and oxygen atoms in total. The molecule has 1 aliphatic heterocycles. The first-order valence-electron chi connectivity index (χ1n) is 7.84. The van der Waals surface area contributed by atoms with Crippen LogP contribution in [0.15, 0.2) is 18.2 Å². The fourth-order valence-corrected chi connectivity index (χ4v) is 3.20. The normalized spacial score (nSPS) is 25.2. The summed E-state index contributed by atoms with van der Waals surface area (Å²) in [6, 6.07) is 6.42. The van der Waals surface area contributed by atoms with Crippen molar-refractivity contribution in [3.05, 3.63) is 23.8 Å². The van der Waals surface area contributed by atoms with Crippen LogP contribution in [0.4, 0.5) is 0 Å². The Morgan fingerprint density at radius 3 is 2.71 bits per heavy atom. The van der Waals surface area contributed by atoms with Gasteiger partial charge < -0.3 is 19.9 Å². The Hall–Kier alpha value is -1.26. The minimum absolute atomic E-state index is 0.127. The summed E-state index contributed by atoms with van der Waals surface area (Å²) in [5, 5.41) is 0. The van der Waals surface area contributed by atoms with Crippen LogP contribution in [0.1, 0.15) is 38.2 Å². The van der Waals surface area contributed by atoms with Crippen LogP contribution in [-0.4, -0.2) is 32.5 Å². The van der Waals surface area contributed by atoms with E-state index in [1.165, 1.54) is 5.56 Å². The second-order valence-corrected chi connectivity index (χ2v) is 6.27. The third-order valence-corrected chi connectivity index (χ3v) is 4.81. The predicted octanol–water partition coefficient (Wildman–Crippen LogP) is 2.63. The van der Waals surface area contributed by atoms with Crippen LogP contribution in [0, 0.1) is 0 Å². The Bertz CT molecular complexity index is 491. The fraction of sp³-hybridized carbons (Fsp3) is 0.647. The van der Waals surface area contributed by atoms with Gasteiger partial charge in [0.1, 0.15) is 6.10 Å². The Morgan fingerprint density at radius 2 is 2.14 bits per heavy atom. The van der Waals surface area contributed by atoms with Gasteiger partial charge in [0.2, 0.25) is 0 Å². The molecular formula is C17H25NO3. The van der Waals surface area contributed by atoms with E-state index in [1.54, 1.807) is 7.11 Å². The molecule has 0 aromatic heterocycles. The number of ether oxygens (including phenoxy) is 3. The first kappa shape index (κ1) is 14.7. The molecule has 2 N–H and O–H groups in total. The number of nitrogens with two attached hydrogens (primary N) is 1. The maximum absolute atomic E-state index is 6.16. The lowest BCUT2D eigenvalue weighted by atomic mass is 9.89. The molecule has 21 heavy (non-hydrogen) atoms. The highest BCUT2D eigenvalue weighted by Gasteiger charge is 2.47. The van der Waals surface area contributed by atoms with Gasteiger partial charge in [-0.1, -0.05) is 6.07 Å². The number of hydrogen-bond donors (Lipinski definition) is 1. The Morgan fingerprint density at radius 1 is 1.33 bits per heavy atom. The van der Waals surface area contributed by atoms with E-state index in [4.69, 9.17) is 19.9 Å². The zero-order chi connectivity index (χ0) is 14.9. The molecule has 1 heterocycles. The van der Waals surface area contributed by atoms with E-state index in [-0.39, 0.29) is 17.6 Å². The Labute approximate surface area is 126 Å². The van der Waals surface area contributed by atoms with Crippen molar-refractivity contribution in [1.29, 1.82) is 0 Å². The van der Waals surface area contributed by atoms with Crippen LogP contribution in [0.3, 0.4) is 0 Å². The lowest BCUT2D eigenvalue weighted by Gasteiger charge is -2.25. The molecular weight excluding hydrogens is 266 g/mol. The quantitative estimate of drug-likeness (QED) is 0.906. The van der Waals surface area contributed by atoms with E-state index in [2.05, 4.69) is 19.1 Å². The summed E-state index contributed by atoms with van der Waals surface area (Å²) in [6.45, 7) is 3.59. The summed E-state index contributed by atoms with van der Waals surface area (Å²) in [5.41, 5.74) is 7.56. The molecule has 1 saturated carbocycles. The highest BCUT2D eigenvalue weighted by molar-refractivity contribution is 5.47. The van der Waals surface area contributed by atoms with Gasteiger partial charge in [0, 0.05) is 18.1 Å². The van der Waals surface area contributed by atoms with Crippen LogP contribution in [-0.2, 0) is 10.2 Å². The van der Waals surface area contributed by atoms with Gasteiger partial charge in [-0.25, -0.2) is 0 Å². The average Bonchev–Trinajstić information content (AvgIpc) is 3.30. The van der Waals surface area contributed by atoms with Crippen molar-refractivity contribution in [2.45, 2.75) is 50.2 Å². The van der Waals surface area contributed by atoms with Crippen molar-refractivity contribution < 1.29 is 14.2 Å². The summed E-state index contributed by atoms with van der Waals surface area (Å²) < 4.78 is 17.0. The first-order valence-corrected chi connectivity index (χ1v) is 7.84. The van der Waals surface area contributed by atoms with Gasteiger partial charge in [0.05, 0.1) is 13.7 Å². The van der Waals surface area contributed by atoms with Gasteiger partial charge in [-0.15, -0.1) is 0 Å². The van der Waals surface area contributed by atoms with Gasteiger partial charge in [-0.3, -0.25) is 0 Å². The molecule has 1 saturated heterocycles. The topological polar surface area (TPSA) is 53.7 Å². The SMILES string of the molecule is COc1cc(C2(C(C)N)CC2)ccc1OC1CCCOC1. The molecule has 0 bridgehead atoms. The largest absolute Gasteiger partial charge is 0.493 e. The molecule has 0 radical (unpaired) electrons. The van der Waals surface area contributed by atoms with E-state index >= 15 is 0 Å². The van der Waals surface area contributed by atoms with Gasteiger partial charge in [0.15, 0.2) is 11.5 Å². The van der Waals surface area contributed by atoms with E-state index in [1.807, 2.05) is 6.07 Å². The monoisotopic (exact) mass is 291 g/mol. The second kappa shape index (κ2) is 5.85. The zero-order valence-corrected chi connectivity index (χ0v) is 12.9. The van der Waals surface area contributed by atoms with Gasteiger partial charge >= 0.3 is 0 Å². The smallest absolute Gasteiger partial charge is 0.161 e. The maximum Gasteiger partial charge on any atom is 0.161 e. The summed E-state index contributed by atoms with van der Waals surface area (Å²) >= 11 is 0. The van der Waals surface area contributed by atoms with Gasteiger partial charge in [-0.2, -0.15) is 0 Å². The van der Waals surface area contributed by atoms with Crippen molar-refractivity contribution in [1.82, 2.24) is 0 Å². The second-order valence-electron chi connectivity index (χ2n) is 6.27. The minimum Gasteiger partial charge on any atom is -0.493 e. The highest BCUT2D eigenvalue weighted by atomic mass is 16.5. The van der Waals surface area contributed by atoms with Crippen LogP contribution in [0.25, 0.3) is 0 Å². The first-order chi connectivity index (χ1) is 10.2. The van der Waals surface area contributed by atoms with E-state index < -0.39 is 0 Å². The number of hydrogen-bond acceptors (Lipinski definition) is 4. The van der Waals surface area contributed by atoms with Gasteiger partial charge in [-0.05, 0) is 50.3 Å². The number of methoxy groups -OCH3 is 1. The van der Waals surface area contributed by atoms with E-state index in [0.717, 1.165) is 43.8 Å². The molecule has 4 heteroatoms. The summed E-state index contributed by atoms with van der Waals surface area (Å²) in [6.07, 6.45) is 4.53. The van der Waals surface area contributed by atoms with Crippen molar-refractivity contribution >= 4 is 0 Å². The van der Waals surface area contributed by atoms with Crippen LogP contribution >= 0.6 is 0 Å². The van der Waals surface area contributed by atoms with Crippen molar-refractivity contribution in [2.75, 3.05) is 20.3 Å². The Kier molecular flexibility index (Phi) is 4.09. The van der Waals surface area contributed by atoms with Crippen LogP contribution in [0.5, 0.6) is 11.5 Å². The van der Waals surface area contributed by atoms with Crippen molar-refractivity contribution in [2.24, 2.45) is 5.73 Å². The lowest BCUT2D eigenvalue weighted by Crippen LogP contribution is -2.31. The summed E-state index contributed by atoms with van der Waals surface area (Å²) in [4.78, 5) is 0. The molecule has 2 atom stereocenters. The molecule has 3 rings (SSSR count). The molecule has 0 amide bonds. The van der Waals surface area contributed by atoms with Crippen molar-refractivity contribution in [3.8, 4) is 11.5 Å². The van der Waals surface area contributed by atoms with Gasteiger partial charge in [0.25, 0.3) is 0 Å². The molecule has 1 aromatic carbocycles. The zero-order valence-electron chi connectivity index (χ0n) is 12.9.